The number of aromatic hydroxyl groups is 1. The van der Waals surface area contributed by atoms with Crippen LogP contribution in [0.2, 0.25) is 0 Å². The van der Waals surface area contributed by atoms with E-state index < -0.39 is 6.03 Å². The second-order valence-electron chi connectivity index (χ2n) is 7.35. The number of phenols is 1. The van der Waals surface area contributed by atoms with Gasteiger partial charge in [-0.2, -0.15) is 0 Å². The number of urea groups is 1. The number of hydrogen-bond donors (Lipinski definition) is 3. The van der Waals surface area contributed by atoms with Crippen molar-refractivity contribution in [2.75, 3.05) is 13.1 Å². The van der Waals surface area contributed by atoms with Crippen molar-refractivity contribution in [2.45, 2.75) is 32.2 Å². The number of nitrogens with one attached hydrogen (secondary N) is 1. The molecule has 0 spiro atoms. The van der Waals surface area contributed by atoms with Crippen LogP contribution in [0.3, 0.4) is 0 Å². The van der Waals surface area contributed by atoms with E-state index in [-0.39, 0.29) is 29.0 Å². The van der Waals surface area contributed by atoms with Crippen molar-refractivity contribution in [3.05, 3.63) is 64.7 Å². The zero-order chi connectivity index (χ0) is 21.0. The van der Waals surface area contributed by atoms with Gasteiger partial charge in [-0.1, -0.05) is 23.8 Å². The van der Waals surface area contributed by atoms with Crippen LogP contribution in [0.25, 0.3) is 0 Å². The highest BCUT2D eigenvalue weighted by atomic mass is 16.3. The summed E-state index contributed by atoms with van der Waals surface area (Å²) >= 11 is 0. The fraction of sp³-hybridized carbons (Fsp3) is 0.318. The third-order valence-electron chi connectivity index (χ3n) is 5.18. The smallest absolute Gasteiger partial charge is 0.314 e. The minimum atomic E-state index is -0.433. The van der Waals surface area contributed by atoms with E-state index >= 15 is 0 Å². The molecule has 1 atom stereocenters. The molecule has 4 N–H and O–H groups in total. The molecule has 0 unspecified atom stereocenters. The lowest BCUT2D eigenvalue weighted by Gasteiger charge is -2.18. The Morgan fingerprint density at radius 3 is 2.41 bits per heavy atom. The first kappa shape index (κ1) is 20.4. The Kier molecular flexibility index (Phi) is 6.16. The molecule has 0 aromatic heterocycles. The zero-order valence-electron chi connectivity index (χ0n) is 16.4. The maximum atomic E-state index is 12.6. The van der Waals surface area contributed by atoms with Gasteiger partial charge in [0, 0.05) is 30.3 Å². The Bertz CT molecular complexity index is 924. The summed E-state index contributed by atoms with van der Waals surface area (Å²) in [5.74, 6) is -0.589. The lowest BCUT2D eigenvalue weighted by atomic mass is 9.99. The van der Waals surface area contributed by atoms with Crippen molar-refractivity contribution >= 4 is 17.7 Å². The Morgan fingerprint density at radius 1 is 1.03 bits per heavy atom. The Balaban J connectivity index is 1.65. The number of nitrogens with two attached hydrogens (primary N) is 1. The Morgan fingerprint density at radius 2 is 1.72 bits per heavy atom. The highest BCUT2D eigenvalue weighted by molar-refractivity contribution is 6.11. The van der Waals surface area contributed by atoms with Crippen LogP contribution >= 0.6 is 0 Å². The first-order valence-corrected chi connectivity index (χ1v) is 9.65. The van der Waals surface area contributed by atoms with Gasteiger partial charge in [0.15, 0.2) is 5.78 Å². The van der Waals surface area contributed by atoms with E-state index in [1.54, 1.807) is 41.3 Å². The van der Waals surface area contributed by atoms with Crippen molar-refractivity contribution in [1.82, 2.24) is 10.2 Å². The molecule has 0 bridgehead atoms. The summed E-state index contributed by atoms with van der Waals surface area (Å²) in [4.78, 5) is 38.1. The van der Waals surface area contributed by atoms with Gasteiger partial charge in [0.25, 0.3) is 5.91 Å². The number of ketones is 1. The fourth-order valence-electron chi connectivity index (χ4n) is 3.49. The monoisotopic (exact) mass is 395 g/mol. The van der Waals surface area contributed by atoms with E-state index in [4.69, 9.17) is 5.73 Å². The van der Waals surface area contributed by atoms with E-state index in [0.717, 1.165) is 18.4 Å². The van der Waals surface area contributed by atoms with Crippen molar-refractivity contribution in [3.63, 3.8) is 0 Å². The predicted molar refractivity (Wildman–Crippen MR) is 109 cm³/mol. The van der Waals surface area contributed by atoms with E-state index in [0.29, 0.717) is 30.6 Å². The van der Waals surface area contributed by atoms with Crippen LogP contribution in [0.15, 0.2) is 42.5 Å². The maximum Gasteiger partial charge on any atom is 0.314 e. The zero-order valence-corrected chi connectivity index (χ0v) is 16.4. The number of aryl methyl sites for hydroxylation is 1. The molecule has 0 aliphatic carbocycles. The molecule has 1 fully saturated rings. The van der Waals surface area contributed by atoms with Gasteiger partial charge in [0.05, 0.1) is 5.56 Å². The third kappa shape index (κ3) is 4.93. The van der Waals surface area contributed by atoms with E-state index in [1.807, 2.05) is 6.92 Å². The van der Waals surface area contributed by atoms with Crippen molar-refractivity contribution in [1.29, 1.82) is 0 Å². The van der Waals surface area contributed by atoms with Crippen LogP contribution in [0.5, 0.6) is 5.75 Å². The van der Waals surface area contributed by atoms with Crippen LogP contribution < -0.4 is 11.1 Å². The number of nitrogens with zero attached hydrogens (tertiary/aromatic N) is 1. The van der Waals surface area contributed by atoms with E-state index in [9.17, 15) is 19.5 Å². The summed E-state index contributed by atoms with van der Waals surface area (Å²) in [5, 5.41) is 12.9. The van der Waals surface area contributed by atoms with Crippen molar-refractivity contribution in [3.8, 4) is 5.75 Å². The molecule has 0 radical (unpaired) electrons. The SMILES string of the molecule is Cc1ccc(O)c(C(=O)c2ccc(C(=O)N[C@H]3CCCN(C(N)=O)CC3)cc2)c1. The Hall–Kier alpha value is -3.35. The van der Waals surface area contributed by atoms with Crippen LogP contribution in [-0.2, 0) is 0 Å². The molecular weight excluding hydrogens is 370 g/mol. The van der Waals surface area contributed by atoms with Gasteiger partial charge in [-0.25, -0.2) is 4.79 Å². The number of hydrogen-bond acceptors (Lipinski definition) is 4. The molecule has 3 amide bonds. The minimum absolute atomic E-state index is 0.0302. The van der Waals surface area contributed by atoms with Gasteiger partial charge in [-0.3, -0.25) is 9.59 Å². The molecule has 2 aromatic rings. The molecule has 29 heavy (non-hydrogen) atoms. The second kappa shape index (κ2) is 8.77. The first-order chi connectivity index (χ1) is 13.8. The summed E-state index contributed by atoms with van der Waals surface area (Å²) in [6.45, 7) is 2.97. The minimum Gasteiger partial charge on any atom is -0.507 e. The van der Waals surface area contributed by atoms with Gasteiger partial charge >= 0.3 is 6.03 Å². The number of phenolic OH excluding ortho intramolecular Hbond substituents is 1. The number of likely N-dealkylation sites (tertiary alicyclic amines) is 1. The maximum absolute atomic E-state index is 12.6. The normalized spacial score (nSPS) is 16.7. The topological polar surface area (TPSA) is 113 Å². The predicted octanol–water partition coefficient (Wildman–Crippen LogP) is 2.59. The summed E-state index contributed by atoms with van der Waals surface area (Å²) in [6, 6.07) is 10.8. The number of rotatable bonds is 4. The third-order valence-corrected chi connectivity index (χ3v) is 5.18. The van der Waals surface area contributed by atoms with Gasteiger partial charge in [-0.15, -0.1) is 0 Å². The number of carbonyl (C=O) groups is 3. The molecule has 7 heteroatoms. The lowest BCUT2D eigenvalue weighted by molar-refractivity contribution is 0.0932. The fourth-order valence-corrected chi connectivity index (χ4v) is 3.49. The second-order valence-corrected chi connectivity index (χ2v) is 7.35. The number of amides is 3. The Labute approximate surface area is 169 Å². The molecule has 1 aliphatic heterocycles. The molecular formula is C22H25N3O4. The molecule has 3 rings (SSSR count). The largest absolute Gasteiger partial charge is 0.507 e. The average molecular weight is 395 g/mol. The molecule has 7 nitrogen and oxygen atoms in total. The van der Waals surface area contributed by atoms with Gasteiger partial charge in [-0.05, 0) is 50.5 Å². The average Bonchev–Trinajstić information content (AvgIpc) is 2.95. The van der Waals surface area contributed by atoms with E-state index in [1.165, 1.54) is 6.07 Å². The quantitative estimate of drug-likeness (QED) is 0.691. The van der Waals surface area contributed by atoms with E-state index in [2.05, 4.69) is 5.32 Å². The van der Waals surface area contributed by atoms with Crippen LogP contribution in [0.1, 0.15) is 51.1 Å². The lowest BCUT2D eigenvalue weighted by Crippen LogP contribution is -2.38. The summed E-state index contributed by atoms with van der Waals surface area (Å²) in [7, 11) is 0. The van der Waals surface area contributed by atoms with Crippen LogP contribution in [0, 0.1) is 6.92 Å². The first-order valence-electron chi connectivity index (χ1n) is 9.65. The molecule has 0 saturated carbocycles. The molecule has 1 heterocycles. The van der Waals surface area contributed by atoms with Crippen LogP contribution in [-0.4, -0.2) is 46.9 Å². The van der Waals surface area contributed by atoms with Gasteiger partial charge < -0.3 is 21.1 Å². The highest BCUT2D eigenvalue weighted by Gasteiger charge is 2.21. The number of primary amides is 1. The molecule has 152 valence electrons. The summed E-state index contributed by atoms with van der Waals surface area (Å²) < 4.78 is 0. The van der Waals surface area contributed by atoms with Crippen LogP contribution in [0.4, 0.5) is 4.79 Å². The molecule has 1 saturated heterocycles. The molecule has 2 aromatic carbocycles. The van der Waals surface area contributed by atoms with Gasteiger partial charge in [0.1, 0.15) is 5.75 Å². The van der Waals surface area contributed by atoms with Gasteiger partial charge in [0.2, 0.25) is 0 Å². The highest BCUT2D eigenvalue weighted by Crippen LogP contribution is 2.22. The van der Waals surface area contributed by atoms with Crippen molar-refractivity contribution < 1.29 is 19.5 Å². The summed E-state index contributed by atoms with van der Waals surface area (Å²) in [5.41, 5.74) is 7.29. The van der Waals surface area contributed by atoms with Crippen molar-refractivity contribution in [2.24, 2.45) is 5.73 Å². The standard InChI is InChI=1S/C22H25N3O4/c1-14-4-9-19(26)18(13-14)20(27)15-5-7-16(8-6-15)21(28)24-17-3-2-11-25(12-10-17)22(23)29/h4-9,13,17,26H,2-3,10-12H2,1H3,(H2,23,29)(H,24,28)/t17-/m0/s1. The number of benzene rings is 2. The summed E-state index contributed by atoms with van der Waals surface area (Å²) in [6.07, 6.45) is 2.21. The molecule has 1 aliphatic rings. The number of carbonyl (C=O) groups excluding carboxylic acids is 3.